The maximum Gasteiger partial charge on any atom is 0.253 e. The molecule has 6 heteroatoms. The van der Waals surface area contributed by atoms with Crippen molar-refractivity contribution in [3.63, 3.8) is 0 Å². The highest BCUT2D eigenvalue weighted by Gasteiger charge is 2.16. The predicted octanol–water partition coefficient (Wildman–Crippen LogP) is 6.06. The van der Waals surface area contributed by atoms with Crippen molar-refractivity contribution in [2.24, 2.45) is 0 Å². The minimum Gasteiger partial charge on any atom is -0.345 e. The summed E-state index contributed by atoms with van der Waals surface area (Å²) in [6, 6.07) is 21.7. The van der Waals surface area contributed by atoms with Gasteiger partial charge in [-0.1, -0.05) is 71.7 Å². The van der Waals surface area contributed by atoms with Crippen molar-refractivity contribution >= 4 is 40.7 Å². The number of carbonyl (C=O) groups is 2. The lowest BCUT2D eigenvalue weighted by molar-refractivity contribution is -0.116. The molecule has 2 amide bonds. The van der Waals surface area contributed by atoms with Gasteiger partial charge < -0.3 is 10.6 Å². The Hall–Kier alpha value is -2.82. The van der Waals surface area contributed by atoms with Gasteiger partial charge in [0, 0.05) is 16.5 Å². The average Bonchev–Trinajstić information content (AvgIpc) is 2.74. The maximum atomic E-state index is 12.8. The summed E-state index contributed by atoms with van der Waals surface area (Å²) in [6.07, 6.45) is 0.707. The minimum atomic E-state index is -0.247. The van der Waals surface area contributed by atoms with E-state index >= 15 is 0 Å². The van der Waals surface area contributed by atoms with Crippen LogP contribution in [0.4, 0.5) is 5.69 Å². The molecule has 0 aliphatic rings. The number of anilines is 1. The van der Waals surface area contributed by atoms with Crippen molar-refractivity contribution in [1.29, 1.82) is 0 Å². The second kappa shape index (κ2) is 10.3. The van der Waals surface area contributed by atoms with E-state index in [0.29, 0.717) is 27.7 Å². The largest absolute Gasteiger partial charge is 0.345 e. The predicted molar refractivity (Wildman–Crippen MR) is 122 cm³/mol. The molecular weight excluding hydrogens is 419 g/mol. The van der Waals surface area contributed by atoms with Gasteiger partial charge in [-0.05, 0) is 48.7 Å². The number of nitrogens with one attached hydrogen (secondary N) is 2. The third-order valence-corrected chi connectivity index (χ3v) is 5.32. The number of amides is 2. The lowest BCUT2D eigenvalue weighted by Gasteiger charge is -2.16. The molecule has 0 fully saturated rings. The van der Waals surface area contributed by atoms with Crippen molar-refractivity contribution in [1.82, 2.24) is 5.32 Å². The molecule has 0 saturated heterocycles. The number of carbonyl (C=O) groups excluding carboxylic acids is 2. The molecule has 0 spiro atoms. The Bertz CT molecular complexity index is 1040. The van der Waals surface area contributed by atoms with Crippen molar-refractivity contribution in [2.75, 3.05) is 5.32 Å². The Kier molecular flexibility index (Phi) is 7.50. The molecule has 0 unspecified atom stereocenters. The number of rotatable bonds is 7. The van der Waals surface area contributed by atoms with Crippen molar-refractivity contribution in [2.45, 2.75) is 25.8 Å². The Morgan fingerprint density at radius 1 is 0.933 bits per heavy atom. The summed E-state index contributed by atoms with van der Waals surface area (Å²) in [5.41, 5.74) is 2.74. The standard InChI is InChI=1S/C24H22Cl2N2O2/c1-16(17-7-3-2-4-8-17)27-24(30)20-9-5-6-10-22(20)28-23(29)14-12-18-11-13-19(25)15-21(18)26/h2-11,13,15-16H,12,14H2,1H3,(H,27,30)(H,28,29)/t16-/m0/s1. The summed E-state index contributed by atoms with van der Waals surface area (Å²) in [7, 11) is 0. The fraction of sp³-hybridized carbons (Fsp3) is 0.167. The second-order valence-electron chi connectivity index (χ2n) is 6.94. The summed E-state index contributed by atoms with van der Waals surface area (Å²) < 4.78 is 0. The van der Waals surface area contributed by atoms with Crippen LogP contribution in [0.25, 0.3) is 0 Å². The van der Waals surface area contributed by atoms with E-state index in [1.54, 1.807) is 36.4 Å². The van der Waals surface area contributed by atoms with E-state index in [1.165, 1.54) is 0 Å². The zero-order valence-corrected chi connectivity index (χ0v) is 18.0. The lowest BCUT2D eigenvalue weighted by atomic mass is 10.1. The van der Waals surface area contributed by atoms with E-state index in [1.807, 2.05) is 43.3 Å². The van der Waals surface area contributed by atoms with E-state index in [-0.39, 0.29) is 24.3 Å². The molecule has 30 heavy (non-hydrogen) atoms. The SMILES string of the molecule is C[C@H](NC(=O)c1ccccc1NC(=O)CCc1ccc(Cl)cc1Cl)c1ccccc1. The smallest absolute Gasteiger partial charge is 0.253 e. The van der Waals surface area contributed by atoms with Crippen LogP contribution < -0.4 is 10.6 Å². The van der Waals surface area contributed by atoms with E-state index < -0.39 is 0 Å². The van der Waals surface area contributed by atoms with Gasteiger partial charge >= 0.3 is 0 Å². The van der Waals surface area contributed by atoms with Crippen molar-refractivity contribution in [3.8, 4) is 0 Å². The molecule has 0 heterocycles. The van der Waals surface area contributed by atoms with Crippen LogP contribution in [0.1, 0.15) is 40.9 Å². The van der Waals surface area contributed by atoms with Crippen molar-refractivity contribution < 1.29 is 9.59 Å². The number of aryl methyl sites for hydroxylation is 1. The topological polar surface area (TPSA) is 58.2 Å². The van der Waals surface area contributed by atoms with Gasteiger partial charge in [0.1, 0.15) is 0 Å². The number of hydrogen-bond acceptors (Lipinski definition) is 2. The highest BCUT2D eigenvalue weighted by Crippen LogP contribution is 2.23. The Labute approximate surface area is 186 Å². The molecule has 0 aliphatic heterocycles. The first-order valence-corrected chi connectivity index (χ1v) is 10.4. The highest BCUT2D eigenvalue weighted by molar-refractivity contribution is 6.35. The van der Waals surface area contributed by atoms with Crippen LogP contribution in [-0.2, 0) is 11.2 Å². The molecular formula is C24H22Cl2N2O2. The molecule has 3 aromatic carbocycles. The van der Waals surface area contributed by atoms with Gasteiger partial charge in [-0.15, -0.1) is 0 Å². The zero-order valence-electron chi connectivity index (χ0n) is 16.5. The van der Waals surface area contributed by atoms with Crippen LogP contribution in [0.5, 0.6) is 0 Å². The molecule has 0 radical (unpaired) electrons. The molecule has 0 aliphatic carbocycles. The highest BCUT2D eigenvalue weighted by atomic mass is 35.5. The van der Waals surface area contributed by atoms with Gasteiger partial charge in [0.15, 0.2) is 0 Å². The number of benzene rings is 3. The van der Waals surface area contributed by atoms with E-state index in [0.717, 1.165) is 11.1 Å². The Balaban J connectivity index is 1.64. The fourth-order valence-electron chi connectivity index (χ4n) is 3.07. The molecule has 154 valence electrons. The third-order valence-electron chi connectivity index (χ3n) is 4.73. The van der Waals surface area contributed by atoms with E-state index in [2.05, 4.69) is 10.6 Å². The average molecular weight is 441 g/mol. The van der Waals surface area contributed by atoms with Gasteiger partial charge in [0.25, 0.3) is 5.91 Å². The minimum absolute atomic E-state index is 0.158. The third kappa shape index (κ3) is 5.85. The van der Waals surface area contributed by atoms with Crippen LogP contribution in [0.15, 0.2) is 72.8 Å². The first kappa shape index (κ1) is 21.9. The fourth-order valence-corrected chi connectivity index (χ4v) is 3.58. The van der Waals surface area contributed by atoms with Crippen LogP contribution in [0.2, 0.25) is 10.0 Å². The number of para-hydroxylation sites is 1. The zero-order chi connectivity index (χ0) is 21.5. The quantitative estimate of drug-likeness (QED) is 0.469. The first-order chi connectivity index (χ1) is 14.4. The second-order valence-corrected chi connectivity index (χ2v) is 7.78. The molecule has 2 N–H and O–H groups in total. The van der Waals surface area contributed by atoms with Gasteiger partial charge in [-0.3, -0.25) is 9.59 Å². The molecule has 0 saturated carbocycles. The molecule has 3 aromatic rings. The summed E-state index contributed by atoms with van der Waals surface area (Å²) >= 11 is 12.1. The summed E-state index contributed by atoms with van der Waals surface area (Å²) in [4.78, 5) is 25.3. The van der Waals surface area contributed by atoms with E-state index in [4.69, 9.17) is 23.2 Å². The monoisotopic (exact) mass is 440 g/mol. The van der Waals surface area contributed by atoms with Crippen LogP contribution in [0.3, 0.4) is 0 Å². The molecule has 4 nitrogen and oxygen atoms in total. The summed E-state index contributed by atoms with van der Waals surface area (Å²) in [5.74, 6) is -0.444. The summed E-state index contributed by atoms with van der Waals surface area (Å²) in [5, 5.41) is 6.90. The summed E-state index contributed by atoms with van der Waals surface area (Å²) in [6.45, 7) is 1.92. The Morgan fingerprint density at radius 2 is 1.63 bits per heavy atom. The maximum absolute atomic E-state index is 12.8. The molecule has 0 bridgehead atoms. The normalized spacial score (nSPS) is 11.6. The van der Waals surface area contributed by atoms with E-state index in [9.17, 15) is 9.59 Å². The van der Waals surface area contributed by atoms with Gasteiger partial charge in [-0.2, -0.15) is 0 Å². The molecule has 0 aromatic heterocycles. The number of hydrogen-bond donors (Lipinski definition) is 2. The lowest BCUT2D eigenvalue weighted by Crippen LogP contribution is -2.28. The first-order valence-electron chi connectivity index (χ1n) is 9.62. The molecule has 3 rings (SSSR count). The number of halogens is 2. The van der Waals surface area contributed by atoms with Crippen molar-refractivity contribution in [3.05, 3.63) is 99.5 Å². The van der Waals surface area contributed by atoms with Gasteiger partial charge in [0.05, 0.1) is 17.3 Å². The Morgan fingerprint density at radius 3 is 2.37 bits per heavy atom. The molecule has 1 atom stereocenters. The van der Waals surface area contributed by atoms with Crippen LogP contribution in [-0.4, -0.2) is 11.8 Å². The van der Waals surface area contributed by atoms with Crippen LogP contribution in [0, 0.1) is 0 Å². The van der Waals surface area contributed by atoms with Gasteiger partial charge in [0.2, 0.25) is 5.91 Å². The van der Waals surface area contributed by atoms with Crippen LogP contribution >= 0.6 is 23.2 Å². The van der Waals surface area contributed by atoms with Gasteiger partial charge in [-0.25, -0.2) is 0 Å².